The minimum atomic E-state index is -2.32. The van der Waals surface area contributed by atoms with Crippen LogP contribution in [0.25, 0.3) is 0 Å². The van der Waals surface area contributed by atoms with Crippen molar-refractivity contribution in [1.82, 2.24) is 0 Å². The van der Waals surface area contributed by atoms with E-state index in [1.54, 1.807) is 24.3 Å². The van der Waals surface area contributed by atoms with Gasteiger partial charge in [0.2, 0.25) is 0 Å². The van der Waals surface area contributed by atoms with Crippen LogP contribution < -0.4 is 4.74 Å². The highest BCUT2D eigenvalue weighted by molar-refractivity contribution is 6.31. The third-order valence-electron chi connectivity index (χ3n) is 5.77. The van der Waals surface area contributed by atoms with Crippen molar-refractivity contribution >= 4 is 11.6 Å². The molecule has 5 N–H and O–H groups in total. The lowest BCUT2D eigenvalue weighted by Crippen LogP contribution is -2.44. The smallest absolute Gasteiger partial charge is 0.314 e. The maximum absolute atomic E-state index is 10.4. The average molecular weight is 481 g/mol. The van der Waals surface area contributed by atoms with Crippen molar-refractivity contribution in [3.05, 3.63) is 64.2 Å². The molecule has 1 aliphatic carbocycles. The molecule has 9 heteroatoms. The van der Waals surface area contributed by atoms with E-state index in [9.17, 15) is 25.5 Å². The van der Waals surface area contributed by atoms with Crippen LogP contribution in [0.1, 0.15) is 42.1 Å². The highest BCUT2D eigenvalue weighted by Gasteiger charge is 2.37. The summed E-state index contributed by atoms with van der Waals surface area (Å²) in [7, 11) is 0. The molecule has 0 amide bonds. The molecule has 4 rings (SSSR count). The third-order valence-corrected chi connectivity index (χ3v) is 6.14. The van der Waals surface area contributed by atoms with Gasteiger partial charge >= 0.3 is 5.97 Å². The number of ether oxygens (including phenoxy) is 3. The normalized spacial score (nSPS) is 25.8. The number of hydrogen-bond acceptors (Lipinski definition) is 8. The Bertz CT molecular complexity index is 931. The van der Waals surface area contributed by atoms with Crippen LogP contribution >= 0.6 is 11.6 Å². The average Bonchev–Trinajstić information content (AvgIpc) is 3.60. The Labute approximate surface area is 196 Å². The van der Waals surface area contributed by atoms with Gasteiger partial charge in [0.15, 0.2) is 6.61 Å². The van der Waals surface area contributed by atoms with Gasteiger partial charge in [-0.2, -0.15) is 0 Å². The lowest BCUT2D eigenvalue weighted by molar-refractivity contribution is -0.352. The van der Waals surface area contributed by atoms with E-state index in [1.165, 1.54) is 0 Å². The van der Waals surface area contributed by atoms with E-state index in [0.29, 0.717) is 22.8 Å². The first-order valence-electron chi connectivity index (χ1n) is 11.0. The highest BCUT2D eigenvalue weighted by atomic mass is 35.5. The Kier molecular flexibility index (Phi) is 7.57. The lowest BCUT2D eigenvalue weighted by atomic mass is 9.91. The number of halogens is 1. The second-order valence-corrected chi connectivity index (χ2v) is 9.08. The minimum Gasteiger partial charge on any atom is -0.485 e. The molecule has 4 atom stereocenters. The van der Waals surface area contributed by atoms with Crippen molar-refractivity contribution in [3.63, 3.8) is 0 Å². The van der Waals surface area contributed by atoms with E-state index < -0.39 is 37.0 Å². The number of aliphatic hydroxyl groups excluding tert-OH is 3. The molecule has 2 fully saturated rings. The topological polar surface area (TPSA) is 129 Å². The zero-order chi connectivity index (χ0) is 23.6. The molecular weight excluding hydrogens is 452 g/mol. The predicted octanol–water partition coefficient (Wildman–Crippen LogP) is 1.67. The van der Waals surface area contributed by atoms with Crippen LogP contribution in [0.3, 0.4) is 0 Å². The molecule has 0 radical (unpaired) electrons. The van der Waals surface area contributed by atoms with Gasteiger partial charge in [-0.05, 0) is 54.2 Å². The maximum Gasteiger partial charge on any atom is 0.314 e. The second kappa shape index (κ2) is 10.2. The summed E-state index contributed by atoms with van der Waals surface area (Å²) >= 11 is 6.40. The van der Waals surface area contributed by atoms with E-state index in [2.05, 4.69) is 0 Å². The summed E-state index contributed by atoms with van der Waals surface area (Å²) in [6, 6.07) is 12.4. The Morgan fingerprint density at radius 2 is 1.79 bits per heavy atom. The molecule has 0 bridgehead atoms. The zero-order valence-corrected chi connectivity index (χ0v) is 18.8. The Morgan fingerprint density at radius 1 is 1.06 bits per heavy atom. The molecule has 180 valence electrons. The molecule has 33 heavy (non-hydrogen) atoms. The molecule has 0 aromatic heterocycles. The van der Waals surface area contributed by atoms with Gasteiger partial charge in [0.05, 0.1) is 24.9 Å². The first-order valence-corrected chi connectivity index (χ1v) is 11.4. The van der Waals surface area contributed by atoms with Gasteiger partial charge < -0.3 is 39.7 Å². The molecule has 2 aliphatic rings. The summed E-state index contributed by atoms with van der Waals surface area (Å²) < 4.78 is 16.3. The molecule has 1 saturated carbocycles. The zero-order valence-electron chi connectivity index (χ0n) is 18.0. The van der Waals surface area contributed by atoms with Gasteiger partial charge in [-0.25, -0.2) is 0 Å². The fourth-order valence-corrected chi connectivity index (χ4v) is 4.03. The van der Waals surface area contributed by atoms with Crippen LogP contribution in [0.4, 0.5) is 0 Å². The molecule has 1 heterocycles. The van der Waals surface area contributed by atoms with Crippen molar-refractivity contribution in [3.8, 4) is 5.75 Å². The van der Waals surface area contributed by atoms with Crippen LogP contribution in [0.5, 0.6) is 5.75 Å². The highest BCUT2D eigenvalue weighted by Crippen LogP contribution is 2.34. The number of benzene rings is 2. The van der Waals surface area contributed by atoms with Crippen molar-refractivity contribution < 1.29 is 39.7 Å². The molecule has 1 saturated heterocycles. The Morgan fingerprint density at radius 3 is 2.45 bits per heavy atom. The third kappa shape index (κ3) is 6.44. The molecule has 1 aliphatic heterocycles. The first-order chi connectivity index (χ1) is 15.7. The van der Waals surface area contributed by atoms with Gasteiger partial charge in [0.25, 0.3) is 0 Å². The maximum atomic E-state index is 10.4. The van der Waals surface area contributed by atoms with Crippen molar-refractivity contribution in [1.29, 1.82) is 0 Å². The van der Waals surface area contributed by atoms with Gasteiger partial charge in [-0.3, -0.25) is 0 Å². The van der Waals surface area contributed by atoms with Gasteiger partial charge in [-0.15, -0.1) is 0 Å². The summed E-state index contributed by atoms with van der Waals surface area (Å²) in [5.74, 6) is -1.85. The summed E-state index contributed by atoms with van der Waals surface area (Å²) in [5, 5.41) is 50.1. The second-order valence-electron chi connectivity index (χ2n) is 8.68. The van der Waals surface area contributed by atoms with Gasteiger partial charge in [-0.1, -0.05) is 35.9 Å². The van der Waals surface area contributed by atoms with Crippen LogP contribution in [0, 0.1) is 0 Å². The molecule has 8 nitrogen and oxygen atoms in total. The molecular formula is C24H29ClO8. The number of rotatable bonds is 9. The fraction of sp³-hybridized carbons (Fsp3) is 0.500. The van der Waals surface area contributed by atoms with Crippen LogP contribution in [0.2, 0.25) is 5.02 Å². The Balaban J connectivity index is 1.41. The van der Waals surface area contributed by atoms with Crippen LogP contribution in [-0.4, -0.2) is 69.1 Å². The summed E-state index contributed by atoms with van der Waals surface area (Å²) in [4.78, 5) is 0. The molecule has 2 aromatic carbocycles. The van der Waals surface area contributed by atoms with E-state index in [4.69, 9.17) is 25.8 Å². The Hall–Kier alpha value is -1.75. The summed E-state index contributed by atoms with van der Waals surface area (Å²) in [6.07, 6.45) is -1.24. The van der Waals surface area contributed by atoms with E-state index in [1.807, 2.05) is 18.2 Å². The quantitative estimate of drug-likeness (QED) is 0.343. The molecule has 2 aromatic rings. The van der Waals surface area contributed by atoms with Gasteiger partial charge in [0, 0.05) is 11.4 Å². The summed E-state index contributed by atoms with van der Waals surface area (Å²) in [6.45, 7) is -0.642. The number of aliphatic hydroxyl groups is 5. The van der Waals surface area contributed by atoms with E-state index in [-0.39, 0.29) is 19.1 Å². The molecule has 0 spiro atoms. The number of hydrogen-bond donors (Lipinski definition) is 5. The predicted molar refractivity (Wildman–Crippen MR) is 119 cm³/mol. The molecule has 4 unspecified atom stereocenters. The van der Waals surface area contributed by atoms with Crippen LogP contribution in [0.15, 0.2) is 42.5 Å². The minimum absolute atomic E-state index is 0.121. The largest absolute Gasteiger partial charge is 0.485 e. The standard InChI is InChI=1S/C24H29ClO8/c25-20-8-3-15(23-22(28)21(27)11-19(12-26)32-23)10-16(20)9-14-1-4-17(5-2-14)31-13-24(29,30)33-18-6-7-18/h1-5,8,10,18-19,21-23,26-30H,6-7,9,11-13H2. The van der Waals surface area contributed by atoms with Crippen LogP contribution in [-0.2, 0) is 15.9 Å². The van der Waals surface area contributed by atoms with Crippen molar-refractivity contribution in [2.45, 2.75) is 62.2 Å². The van der Waals surface area contributed by atoms with Crippen molar-refractivity contribution in [2.24, 2.45) is 0 Å². The SMILES string of the molecule is OCC1CC(O)C(O)C(c2ccc(Cl)c(Cc3ccc(OCC(O)(O)OC4CC4)cc3)c2)O1. The van der Waals surface area contributed by atoms with E-state index >= 15 is 0 Å². The lowest BCUT2D eigenvalue weighted by Gasteiger charge is -2.37. The monoisotopic (exact) mass is 480 g/mol. The summed E-state index contributed by atoms with van der Waals surface area (Å²) in [5.41, 5.74) is 2.41. The fourth-order valence-electron chi connectivity index (χ4n) is 3.84. The van der Waals surface area contributed by atoms with Gasteiger partial charge in [0.1, 0.15) is 18.0 Å². The van der Waals surface area contributed by atoms with Crippen molar-refractivity contribution in [2.75, 3.05) is 13.2 Å². The first kappa shape index (κ1) is 24.4. The van der Waals surface area contributed by atoms with E-state index in [0.717, 1.165) is 24.0 Å².